The molecule has 16 heavy (non-hydrogen) atoms. The van der Waals surface area contributed by atoms with Crippen molar-refractivity contribution >= 4 is 5.69 Å². The molecule has 0 radical (unpaired) electrons. The molecule has 0 bridgehead atoms. The van der Waals surface area contributed by atoms with Crippen molar-refractivity contribution in [3.63, 3.8) is 0 Å². The second kappa shape index (κ2) is 4.56. The Hall–Kier alpha value is -2.18. The Morgan fingerprint density at radius 1 is 1.62 bits per heavy atom. The number of aromatic nitrogens is 2. The molecule has 0 unspecified atom stereocenters. The summed E-state index contributed by atoms with van der Waals surface area (Å²) in [5.74, 6) is 0. The van der Waals surface area contributed by atoms with Gasteiger partial charge >= 0.3 is 16.9 Å². The van der Waals surface area contributed by atoms with Crippen molar-refractivity contribution < 1.29 is 4.92 Å². The Morgan fingerprint density at radius 3 is 2.75 bits per heavy atom. The number of rotatable bonds is 4. The number of nitro groups is 1. The molecule has 1 N–H and O–H groups in total. The first-order valence-corrected chi connectivity index (χ1v) is 4.60. The minimum atomic E-state index is -0.992. The molecule has 1 aromatic rings. The first-order chi connectivity index (χ1) is 7.45. The molecule has 0 spiro atoms. The van der Waals surface area contributed by atoms with Crippen molar-refractivity contribution in [2.75, 3.05) is 0 Å². The highest BCUT2D eigenvalue weighted by atomic mass is 16.6. The number of aromatic amines is 1. The van der Waals surface area contributed by atoms with Gasteiger partial charge in [-0.1, -0.05) is 19.1 Å². The molecule has 7 nitrogen and oxygen atoms in total. The van der Waals surface area contributed by atoms with E-state index < -0.39 is 21.9 Å². The van der Waals surface area contributed by atoms with Crippen molar-refractivity contribution in [2.45, 2.75) is 19.9 Å². The van der Waals surface area contributed by atoms with Crippen LogP contribution in [0.1, 0.15) is 13.3 Å². The molecular formula is C9H11N3O4. The molecule has 0 atom stereocenters. The van der Waals surface area contributed by atoms with Crippen molar-refractivity contribution in [1.29, 1.82) is 0 Å². The fourth-order valence-corrected chi connectivity index (χ4v) is 1.10. The number of allylic oxidation sites excluding steroid dienone is 1. The average Bonchev–Trinajstić information content (AvgIpc) is 2.21. The van der Waals surface area contributed by atoms with Crippen LogP contribution >= 0.6 is 0 Å². The summed E-state index contributed by atoms with van der Waals surface area (Å²) in [6, 6.07) is 0. The lowest BCUT2D eigenvalue weighted by molar-refractivity contribution is -0.386. The standard InChI is InChI=1S/C9H11N3O4/c1-3-6(2)4-11-5-7(12(15)16)8(13)10-9(11)14/h5H,2-4H2,1H3,(H,10,13,14). The van der Waals surface area contributed by atoms with Gasteiger partial charge in [0.2, 0.25) is 0 Å². The summed E-state index contributed by atoms with van der Waals surface area (Å²) in [7, 11) is 0. The highest BCUT2D eigenvalue weighted by Crippen LogP contribution is 2.03. The van der Waals surface area contributed by atoms with Crippen LogP contribution in [-0.4, -0.2) is 14.5 Å². The van der Waals surface area contributed by atoms with Gasteiger partial charge in [-0.2, -0.15) is 0 Å². The van der Waals surface area contributed by atoms with Gasteiger partial charge in [-0.15, -0.1) is 0 Å². The van der Waals surface area contributed by atoms with Gasteiger partial charge in [0.05, 0.1) is 11.1 Å². The van der Waals surface area contributed by atoms with Crippen LogP contribution in [-0.2, 0) is 6.54 Å². The van der Waals surface area contributed by atoms with Gasteiger partial charge in [-0.25, -0.2) is 4.79 Å². The van der Waals surface area contributed by atoms with E-state index in [4.69, 9.17) is 0 Å². The van der Waals surface area contributed by atoms with Gasteiger partial charge in [0.15, 0.2) is 0 Å². The fraction of sp³-hybridized carbons (Fsp3) is 0.333. The average molecular weight is 225 g/mol. The molecule has 0 saturated carbocycles. The molecule has 1 rings (SSSR count). The van der Waals surface area contributed by atoms with Gasteiger partial charge in [0.1, 0.15) is 0 Å². The predicted molar refractivity (Wildman–Crippen MR) is 57.4 cm³/mol. The maximum absolute atomic E-state index is 11.3. The predicted octanol–water partition coefficient (Wildman–Crippen LogP) is 0.411. The first-order valence-electron chi connectivity index (χ1n) is 4.60. The first kappa shape index (κ1) is 11.9. The normalized spacial score (nSPS) is 10.1. The van der Waals surface area contributed by atoms with Crippen LogP contribution in [0.15, 0.2) is 27.9 Å². The third kappa shape index (κ3) is 2.44. The number of hydrogen-bond donors (Lipinski definition) is 1. The van der Waals surface area contributed by atoms with Crippen LogP contribution in [0, 0.1) is 10.1 Å². The molecule has 0 aromatic carbocycles. The SMILES string of the molecule is C=C(CC)Cn1cc([N+](=O)[O-])c(=O)[nH]c1=O. The van der Waals surface area contributed by atoms with E-state index in [0.717, 1.165) is 16.3 Å². The minimum Gasteiger partial charge on any atom is -0.290 e. The number of nitrogens with one attached hydrogen (secondary N) is 1. The van der Waals surface area contributed by atoms with Gasteiger partial charge in [-0.05, 0) is 6.42 Å². The highest BCUT2D eigenvalue weighted by Gasteiger charge is 2.14. The molecule has 7 heteroatoms. The Bertz CT molecular complexity index is 540. The van der Waals surface area contributed by atoms with E-state index >= 15 is 0 Å². The summed E-state index contributed by atoms with van der Waals surface area (Å²) in [6.07, 6.45) is 1.58. The molecule has 86 valence electrons. The van der Waals surface area contributed by atoms with Crippen molar-refractivity contribution in [3.8, 4) is 0 Å². The summed E-state index contributed by atoms with van der Waals surface area (Å²) >= 11 is 0. The van der Waals surface area contributed by atoms with E-state index in [2.05, 4.69) is 6.58 Å². The maximum Gasteiger partial charge on any atom is 0.350 e. The van der Waals surface area contributed by atoms with Gasteiger partial charge in [0, 0.05) is 6.54 Å². The van der Waals surface area contributed by atoms with Crippen molar-refractivity contribution in [1.82, 2.24) is 9.55 Å². The molecule has 1 heterocycles. The monoisotopic (exact) mass is 225 g/mol. The fourth-order valence-electron chi connectivity index (χ4n) is 1.10. The Balaban J connectivity index is 3.25. The largest absolute Gasteiger partial charge is 0.350 e. The summed E-state index contributed by atoms with van der Waals surface area (Å²) < 4.78 is 1.06. The van der Waals surface area contributed by atoms with E-state index in [1.54, 1.807) is 0 Å². The van der Waals surface area contributed by atoms with Crippen LogP contribution in [0.4, 0.5) is 5.69 Å². The van der Waals surface area contributed by atoms with E-state index in [1.807, 2.05) is 11.9 Å². The van der Waals surface area contributed by atoms with E-state index in [1.165, 1.54) is 0 Å². The zero-order valence-corrected chi connectivity index (χ0v) is 8.73. The molecule has 0 amide bonds. The summed E-state index contributed by atoms with van der Waals surface area (Å²) in [5.41, 5.74) is -1.58. The Kier molecular flexibility index (Phi) is 3.39. The molecule has 0 fully saturated rings. The Morgan fingerprint density at radius 2 is 2.25 bits per heavy atom. The molecule has 0 aliphatic heterocycles. The quantitative estimate of drug-likeness (QED) is 0.455. The van der Waals surface area contributed by atoms with E-state index in [0.29, 0.717) is 6.42 Å². The van der Waals surface area contributed by atoms with Crippen LogP contribution in [0.2, 0.25) is 0 Å². The van der Waals surface area contributed by atoms with Gasteiger partial charge in [0.25, 0.3) is 0 Å². The van der Waals surface area contributed by atoms with Crippen LogP contribution < -0.4 is 11.2 Å². The number of H-pyrrole nitrogens is 1. The lowest BCUT2D eigenvalue weighted by Gasteiger charge is -2.05. The summed E-state index contributed by atoms with van der Waals surface area (Å²) in [6.45, 7) is 5.70. The zero-order chi connectivity index (χ0) is 12.3. The topological polar surface area (TPSA) is 98.0 Å². The second-order valence-electron chi connectivity index (χ2n) is 3.26. The molecular weight excluding hydrogens is 214 g/mol. The third-order valence-corrected chi connectivity index (χ3v) is 2.08. The van der Waals surface area contributed by atoms with Gasteiger partial charge < -0.3 is 0 Å². The maximum atomic E-state index is 11.3. The molecule has 0 aliphatic rings. The summed E-state index contributed by atoms with van der Waals surface area (Å²) in [4.78, 5) is 33.9. The number of hydrogen-bond acceptors (Lipinski definition) is 4. The lowest BCUT2D eigenvalue weighted by atomic mass is 10.2. The van der Waals surface area contributed by atoms with Crippen LogP contribution in [0.3, 0.4) is 0 Å². The smallest absolute Gasteiger partial charge is 0.290 e. The van der Waals surface area contributed by atoms with Gasteiger partial charge in [-0.3, -0.25) is 24.5 Å². The van der Waals surface area contributed by atoms with Crippen molar-refractivity contribution in [3.05, 3.63) is 49.3 Å². The van der Waals surface area contributed by atoms with Crippen LogP contribution in [0.25, 0.3) is 0 Å². The summed E-state index contributed by atoms with van der Waals surface area (Å²) in [5, 5.41) is 10.5. The zero-order valence-electron chi connectivity index (χ0n) is 8.73. The lowest BCUT2D eigenvalue weighted by Crippen LogP contribution is -2.31. The molecule has 0 saturated heterocycles. The molecule has 1 aromatic heterocycles. The second-order valence-corrected chi connectivity index (χ2v) is 3.26. The number of nitrogens with zero attached hydrogens (tertiary/aromatic N) is 2. The van der Waals surface area contributed by atoms with Crippen LogP contribution in [0.5, 0.6) is 0 Å². The minimum absolute atomic E-state index is 0.160. The third-order valence-electron chi connectivity index (χ3n) is 2.08. The van der Waals surface area contributed by atoms with Crippen molar-refractivity contribution in [2.24, 2.45) is 0 Å². The highest BCUT2D eigenvalue weighted by molar-refractivity contribution is 5.21. The van der Waals surface area contributed by atoms with E-state index in [9.17, 15) is 19.7 Å². The Labute approximate surface area is 90.2 Å². The molecule has 0 aliphatic carbocycles. The van der Waals surface area contributed by atoms with E-state index in [-0.39, 0.29) is 6.54 Å².